The van der Waals surface area contributed by atoms with Crippen molar-refractivity contribution in [2.75, 3.05) is 4.72 Å². The maximum absolute atomic E-state index is 12.4. The fourth-order valence-electron chi connectivity index (χ4n) is 1.72. The molecular formula is C14H12F3NO3S2. The van der Waals surface area contributed by atoms with E-state index in [4.69, 9.17) is 0 Å². The number of phenols is 1. The Morgan fingerprint density at radius 1 is 1.09 bits per heavy atom. The number of hydrogen-bond acceptors (Lipinski definition) is 4. The van der Waals surface area contributed by atoms with E-state index in [9.17, 15) is 26.7 Å². The molecule has 2 aromatic carbocycles. The highest BCUT2D eigenvalue weighted by Crippen LogP contribution is 2.39. The van der Waals surface area contributed by atoms with Crippen LogP contribution < -0.4 is 4.72 Å². The fraction of sp³-hybridized carbons (Fsp3) is 0.143. The van der Waals surface area contributed by atoms with E-state index in [0.717, 1.165) is 23.8 Å². The minimum absolute atomic E-state index is 0.0589. The van der Waals surface area contributed by atoms with E-state index in [1.165, 1.54) is 12.1 Å². The second-order valence-corrected chi connectivity index (χ2v) is 7.47. The first-order chi connectivity index (χ1) is 10.6. The minimum atomic E-state index is -4.51. The highest BCUT2D eigenvalue weighted by atomic mass is 32.2. The van der Waals surface area contributed by atoms with E-state index in [1.54, 1.807) is 19.1 Å². The second kappa shape index (κ2) is 6.32. The van der Waals surface area contributed by atoms with Gasteiger partial charge in [-0.25, -0.2) is 8.42 Å². The van der Waals surface area contributed by atoms with Crippen LogP contribution in [0.1, 0.15) is 5.56 Å². The molecule has 9 heteroatoms. The molecule has 0 unspecified atom stereocenters. The van der Waals surface area contributed by atoms with Crippen LogP contribution in [0.3, 0.4) is 0 Å². The Labute approximate surface area is 135 Å². The zero-order chi connectivity index (χ0) is 17.3. The molecule has 23 heavy (non-hydrogen) atoms. The number of alkyl halides is 3. The summed E-state index contributed by atoms with van der Waals surface area (Å²) in [6.45, 7) is 1.79. The number of halogens is 3. The standard InChI is InChI=1S/C14H12F3NO3S2/c1-9-2-5-11(6-3-9)23(20,21)18-12-8-10(4-7-13(12)19)22-14(15,16)17/h2-8,18-19H,1H3. The predicted octanol–water partition coefficient (Wildman–Crippen LogP) is 4.11. The summed E-state index contributed by atoms with van der Waals surface area (Å²) < 4.78 is 63.6. The minimum Gasteiger partial charge on any atom is -0.506 e. The Balaban J connectivity index is 2.31. The van der Waals surface area contributed by atoms with Crippen molar-refractivity contribution >= 4 is 27.5 Å². The van der Waals surface area contributed by atoms with E-state index >= 15 is 0 Å². The van der Waals surface area contributed by atoms with Gasteiger partial charge in [-0.05, 0) is 49.0 Å². The van der Waals surface area contributed by atoms with Gasteiger partial charge in [-0.2, -0.15) is 13.2 Å². The molecule has 0 radical (unpaired) electrons. The molecule has 0 atom stereocenters. The number of sulfonamides is 1. The number of phenolic OH excluding ortho intramolecular Hbond substituents is 1. The summed E-state index contributed by atoms with van der Waals surface area (Å²) in [5.74, 6) is -0.466. The monoisotopic (exact) mass is 363 g/mol. The number of rotatable bonds is 4. The average molecular weight is 363 g/mol. The fourth-order valence-corrected chi connectivity index (χ4v) is 3.36. The Hall–Kier alpha value is -1.87. The molecule has 2 rings (SSSR count). The lowest BCUT2D eigenvalue weighted by molar-refractivity contribution is -0.0328. The summed E-state index contributed by atoms with van der Waals surface area (Å²) in [6.07, 6.45) is 0. The molecule has 0 aliphatic carbocycles. The molecule has 0 heterocycles. The SMILES string of the molecule is Cc1ccc(S(=O)(=O)Nc2cc(SC(F)(F)F)ccc2O)cc1. The Kier molecular flexibility index (Phi) is 4.81. The smallest absolute Gasteiger partial charge is 0.446 e. The van der Waals surface area contributed by atoms with Crippen LogP contribution in [-0.2, 0) is 10.0 Å². The van der Waals surface area contributed by atoms with Crippen LogP contribution in [0, 0.1) is 6.92 Å². The van der Waals surface area contributed by atoms with E-state index in [0.29, 0.717) is 0 Å². The third kappa shape index (κ3) is 4.80. The van der Waals surface area contributed by atoms with Crippen molar-refractivity contribution in [3.63, 3.8) is 0 Å². The zero-order valence-corrected chi connectivity index (χ0v) is 13.4. The molecule has 0 aromatic heterocycles. The first-order valence-electron chi connectivity index (χ1n) is 6.25. The summed E-state index contributed by atoms with van der Waals surface area (Å²) in [5.41, 5.74) is -3.97. The molecule has 0 aliphatic heterocycles. The quantitative estimate of drug-likeness (QED) is 0.634. The van der Waals surface area contributed by atoms with Gasteiger partial charge < -0.3 is 5.11 Å². The molecule has 0 saturated heterocycles. The van der Waals surface area contributed by atoms with Crippen LogP contribution in [-0.4, -0.2) is 19.0 Å². The zero-order valence-electron chi connectivity index (χ0n) is 11.8. The van der Waals surface area contributed by atoms with Gasteiger partial charge in [0.15, 0.2) is 0 Å². The van der Waals surface area contributed by atoms with Crippen LogP contribution >= 0.6 is 11.8 Å². The van der Waals surface area contributed by atoms with Gasteiger partial charge in [-0.1, -0.05) is 17.7 Å². The van der Waals surface area contributed by atoms with Crippen molar-refractivity contribution in [1.29, 1.82) is 0 Å². The summed E-state index contributed by atoms with van der Waals surface area (Å²) in [5, 5.41) is 9.67. The van der Waals surface area contributed by atoms with Crippen molar-refractivity contribution in [2.24, 2.45) is 0 Å². The summed E-state index contributed by atoms with van der Waals surface area (Å²) in [4.78, 5) is -0.298. The lowest BCUT2D eigenvalue weighted by atomic mass is 10.2. The van der Waals surface area contributed by atoms with Crippen molar-refractivity contribution in [3.8, 4) is 5.75 Å². The Bertz CT molecular complexity index is 803. The van der Waals surface area contributed by atoms with E-state index in [2.05, 4.69) is 4.72 Å². The molecule has 0 aliphatic rings. The van der Waals surface area contributed by atoms with Crippen LogP contribution in [0.25, 0.3) is 0 Å². The molecule has 2 N–H and O–H groups in total. The molecule has 0 fully saturated rings. The van der Waals surface area contributed by atoms with Gasteiger partial charge in [0, 0.05) is 4.90 Å². The number of aromatic hydroxyl groups is 1. The van der Waals surface area contributed by atoms with E-state index in [-0.39, 0.29) is 15.5 Å². The lowest BCUT2D eigenvalue weighted by Gasteiger charge is -2.12. The van der Waals surface area contributed by atoms with Gasteiger partial charge in [0.25, 0.3) is 10.0 Å². The van der Waals surface area contributed by atoms with Gasteiger partial charge >= 0.3 is 5.51 Å². The topological polar surface area (TPSA) is 66.4 Å². The number of nitrogens with one attached hydrogen (secondary N) is 1. The van der Waals surface area contributed by atoms with Crippen LogP contribution in [0.2, 0.25) is 0 Å². The number of thioether (sulfide) groups is 1. The molecule has 124 valence electrons. The maximum atomic E-state index is 12.4. The summed E-state index contributed by atoms with van der Waals surface area (Å²) in [7, 11) is -4.01. The number of benzene rings is 2. The van der Waals surface area contributed by atoms with Gasteiger partial charge in [-0.3, -0.25) is 4.72 Å². The van der Waals surface area contributed by atoms with Crippen molar-refractivity contribution in [2.45, 2.75) is 22.2 Å². The average Bonchev–Trinajstić information content (AvgIpc) is 2.41. The number of aryl methyl sites for hydroxylation is 1. The number of hydrogen-bond donors (Lipinski definition) is 2. The molecule has 4 nitrogen and oxygen atoms in total. The Morgan fingerprint density at radius 3 is 2.26 bits per heavy atom. The van der Waals surface area contributed by atoms with Gasteiger partial charge in [-0.15, -0.1) is 0 Å². The number of anilines is 1. The third-order valence-corrected chi connectivity index (χ3v) is 4.88. The molecular weight excluding hydrogens is 351 g/mol. The van der Waals surface area contributed by atoms with Gasteiger partial charge in [0.1, 0.15) is 5.75 Å². The molecule has 2 aromatic rings. The summed E-state index contributed by atoms with van der Waals surface area (Å²) >= 11 is -0.399. The van der Waals surface area contributed by atoms with Crippen LogP contribution in [0.4, 0.5) is 18.9 Å². The second-order valence-electron chi connectivity index (χ2n) is 4.65. The third-order valence-electron chi connectivity index (χ3n) is 2.78. The van der Waals surface area contributed by atoms with Crippen molar-refractivity contribution in [1.82, 2.24) is 0 Å². The first-order valence-corrected chi connectivity index (χ1v) is 8.55. The molecule has 0 spiro atoms. The first kappa shape index (κ1) is 17.5. The highest BCUT2D eigenvalue weighted by Gasteiger charge is 2.29. The maximum Gasteiger partial charge on any atom is 0.446 e. The highest BCUT2D eigenvalue weighted by molar-refractivity contribution is 8.00. The van der Waals surface area contributed by atoms with Gasteiger partial charge in [0.2, 0.25) is 0 Å². The van der Waals surface area contributed by atoms with Crippen molar-refractivity contribution in [3.05, 3.63) is 48.0 Å². The molecule has 0 saturated carbocycles. The predicted molar refractivity (Wildman–Crippen MR) is 82.0 cm³/mol. The van der Waals surface area contributed by atoms with Gasteiger partial charge in [0.05, 0.1) is 10.6 Å². The van der Waals surface area contributed by atoms with E-state index in [1.807, 2.05) is 0 Å². The molecule has 0 amide bonds. The summed E-state index contributed by atoms with van der Waals surface area (Å²) in [6, 6.07) is 8.89. The largest absolute Gasteiger partial charge is 0.506 e. The van der Waals surface area contributed by atoms with Crippen molar-refractivity contribution < 1.29 is 26.7 Å². The lowest BCUT2D eigenvalue weighted by Crippen LogP contribution is -2.13. The molecule has 0 bridgehead atoms. The van der Waals surface area contributed by atoms with Crippen LogP contribution in [0.15, 0.2) is 52.3 Å². The van der Waals surface area contributed by atoms with E-state index < -0.39 is 33.0 Å². The normalized spacial score (nSPS) is 12.2. The Morgan fingerprint density at radius 2 is 1.70 bits per heavy atom. The van der Waals surface area contributed by atoms with Crippen LogP contribution in [0.5, 0.6) is 5.75 Å².